The van der Waals surface area contributed by atoms with Gasteiger partial charge in [0.25, 0.3) is 0 Å². The molecule has 2 heterocycles. The van der Waals surface area contributed by atoms with Crippen molar-refractivity contribution >= 4 is 11.9 Å². The first-order valence-corrected chi connectivity index (χ1v) is 19.1. The van der Waals surface area contributed by atoms with E-state index < -0.39 is 29.1 Å². The molecule has 8 bridgehead atoms. The number of hydrogen-bond donors (Lipinski definition) is 1. The molecule has 2 aliphatic heterocycles. The van der Waals surface area contributed by atoms with E-state index in [4.69, 9.17) is 38.9 Å². The van der Waals surface area contributed by atoms with Gasteiger partial charge in [-0.1, -0.05) is 0 Å². The van der Waals surface area contributed by atoms with Crippen LogP contribution >= 0.6 is 0 Å². The summed E-state index contributed by atoms with van der Waals surface area (Å²) in [5.41, 5.74) is 0. The Morgan fingerprint density at radius 2 is 1.02 bits per heavy atom. The fraction of sp³-hybridized carbons (Fsp3) is 0.946. The van der Waals surface area contributed by atoms with Crippen molar-refractivity contribution in [1.82, 2.24) is 0 Å². The molecule has 12 heteroatoms. The van der Waals surface area contributed by atoms with E-state index >= 15 is 0 Å². The molecule has 49 heavy (non-hydrogen) atoms. The number of aliphatic carboxylic acids is 1. The van der Waals surface area contributed by atoms with Gasteiger partial charge in [-0.3, -0.25) is 9.59 Å². The minimum Gasteiger partial charge on any atom is -0.870 e. The van der Waals surface area contributed by atoms with Gasteiger partial charge in [0, 0.05) is 62.2 Å². The molecule has 10 aliphatic carbocycles. The molecule has 0 radical (unpaired) electrons. The average molecular weight is 699 g/mol. The molecule has 12 fully saturated rings. The van der Waals surface area contributed by atoms with Crippen molar-refractivity contribution in [1.29, 1.82) is 0 Å². The van der Waals surface area contributed by atoms with Crippen molar-refractivity contribution in [3.05, 3.63) is 0 Å². The van der Waals surface area contributed by atoms with Gasteiger partial charge in [-0.25, -0.2) is 0 Å². The Balaban J connectivity index is 0.000000148. The molecule has 11 nitrogen and oxygen atoms in total. The molecule has 4 atom stereocenters. The summed E-state index contributed by atoms with van der Waals surface area (Å²) in [7, 11) is 1.45. The summed E-state index contributed by atoms with van der Waals surface area (Å²) in [6, 6.07) is 0. The number of carboxylic acids is 1. The molecule has 2 saturated heterocycles. The maximum absolute atomic E-state index is 11.6. The molecule has 10 saturated carbocycles. The van der Waals surface area contributed by atoms with Gasteiger partial charge in [0.05, 0.1) is 7.11 Å². The summed E-state index contributed by atoms with van der Waals surface area (Å²) in [6.07, 6.45) is 20.3. The van der Waals surface area contributed by atoms with E-state index in [1.54, 1.807) is 0 Å². The molecule has 4 spiro atoms. The number of carbonyl (C=O) groups is 2. The first-order chi connectivity index (χ1) is 22.7. The molecule has 270 valence electrons. The summed E-state index contributed by atoms with van der Waals surface area (Å²) >= 11 is 0. The second kappa shape index (κ2) is 13.8. The fourth-order valence-corrected chi connectivity index (χ4v) is 13.1. The predicted molar refractivity (Wildman–Crippen MR) is 166 cm³/mol. The molecule has 0 unspecified atom stereocenters. The van der Waals surface area contributed by atoms with Crippen LogP contribution in [-0.4, -0.2) is 52.8 Å². The molecule has 0 aromatic heterocycles. The summed E-state index contributed by atoms with van der Waals surface area (Å²) in [4.78, 5) is 46.5. The van der Waals surface area contributed by atoms with Crippen LogP contribution in [0.5, 0.6) is 0 Å². The molecule has 12 rings (SSSR count). The minimum atomic E-state index is -0.727. The minimum absolute atomic E-state index is 0. The summed E-state index contributed by atoms with van der Waals surface area (Å²) in [5, 5.41) is 9.09. The number of rotatable bonds is 4. The third kappa shape index (κ3) is 6.50. The SMILES string of the molecule is COC(=O)C[C@@H]1CCC[C@]2(C1)OOC1(O2)C2CC3CC(C2)CC1C3.O=C(O)C[C@@H]1CCC[C@]2(C1)OOC1(O2)C2CC3CC(C2)CC1C3.[Na+].[OH-]. The van der Waals surface area contributed by atoms with Gasteiger partial charge < -0.3 is 24.8 Å². The number of methoxy groups -OCH3 is 1. The fourth-order valence-electron chi connectivity index (χ4n) is 13.1. The van der Waals surface area contributed by atoms with Crippen LogP contribution in [0.2, 0.25) is 0 Å². The first kappa shape index (κ1) is 37.0. The van der Waals surface area contributed by atoms with Gasteiger partial charge in [-0.05, 0) is 125 Å². The van der Waals surface area contributed by atoms with E-state index in [9.17, 15) is 9.59 Å². The Morgan fingerprint density at radius 1 is 0.633 bits per heavy atom. The molecular weight excluding hydrogens is 643 g/mol. The van der Waals surface area contributed by atoms with Crippen LogP contribution in [0.15, 0.2) is 0 Å². The first-order valence-electron chi connectivity index (χ1n) is 19.1. The zero-order valence-electron chi connectivity index (χ0n) is 29.5. The monoisotopic (exact) mass is 698 g/mol. The quantitative estimate of drug-likeness (QED) is 0.259. The number of esters is 1. The second-order valence-corrected chi connectivity index (χ2v) is 17.7. The Kier molecular flexibility index (Phi) is 10.4. The van der Waals surface area contributed by atoms with E-state index in [0.717, 1.165) is 68.6 Å². The van der Waals surface area contributed by atoms with Crippen LogP contribution in [0, 0.1) is 59.2 Å². The van der Waals surface area contributed by atoms with Crippen molar-refractivity contribution in [2.45, 2.75) is 152 Å². The van der Waals surface area contributed by atoms with Crippen molar-refractivity contribution < 1.29 is 83.5 Å². The Bertz CT molecular complexity index is 1190. The van der Waals surface area contributed by atoms with E-state index in [1.807, 2.05) is 0 Å². The summed E-state index contributed by atoms with van der Waals surface area (Å²) in [6.45, 7) is 0. The van der Waals surface area contributed by atoms with Gasteiger partial charge in [-0.2, -0.15) is 19.6 Å². The van der Waals surface area contributed by atoms with Crippen LogP contribution in [-0.2, 0) is 43.3 Å². The summed E-state index contributed by atoms with van der Waals surface area (Å²) in [5.74, 6) is 2.59. The standard InChI is InChI=1S/C19H28O5.C18H26O5.Na.H2O/c1-21-17(20)10-12-3-2-4-18(11-12)22-19(24-23-18)15-6-13-5-14(8-15)9-16(19)7-13;19-16(20)9-11-2-1-3-17(10-11)21-18(23-22-17)14-5-12-4-13(7-14)8-15(18)6-12;;/h12-16H,2-11H2,1H3;11-15H,1-10H2,(H,19,20);;1H2/q;;+1;/p-1/t12-,13?,14?,15?,16?,18+,19?;11-,12?,13?,14?,15?,17+,18?;;/m00../s1. The maximum Gasteiger partial charge on any atom is 1.00 e. The molecule has 12 aliphatic rings. The van der Waals surface area contributed by atoms with Gasteiger partial charge in [0.2, 0.25) is 23.1 Å². The average Bonchev–Trinajstić information content (AvgIpc) is 3.58. The van der Waals surface area contributed by atoms with Crippen LogP contribution in [0.4, 0.5) is 0 Å². The topological polar surface area (TPSA) is 149 Å². The van der Waals surface area contributed by atoms with Gasteiger partial charge in [0.15, 0.2) is 0 Å². The van der Waals surface area contributed by atoms with Gasteiger partial charge >= 0.3 is 41.5 Å². The number of carboxylic acid groups (broad SMARTS) is 1. The van der Waals surface area contributed by atoms with E-state index in [-0.39, 0.29) is 59.3 Å². The molecule has 0 amide bonds. The number of ether oxygens (including phenoxy) is 3. The van der Waals surface area contributed by atoms with Crippen molar-refractivity contribution in [2.75, 3.05) is 7.11 Å². The third-order valence-corrected chi connectivity index (χ3v) is 14.6. The third-order valence-electron chi connectivity index (χ3n) is 14.6. The van der Waals surface area contributed by atoms with Crippen LogP contribution < -0.4 is 29.6 Å². The Hall–Kier alpha value is -0.340. The summed E-state index contributed by atoms with van der Waals surface area (Å²) < 4.78 is 18.2. The van der Waals surface area contributed by atoms with E-state index in [0.29, 0.717) is 36.5 Å². The Labute approximate surface area is 311 Å². The molecule has 0 aromatic carbocycles. The number of hydrogen-bond acceptors (Lipinski definition) is 10. The smallest absolute Gasteiger partial charge is 0.870 e. The Morgan fingerprint density at radius 3 is 1.39 bits per heavy atom. The van der Waals surface area contributed by atoms with Crippen LogP contribution in [0.3, 0.4) is 0 Å². The normalized spacial score (nSPS) is 51.0. The van der Waals surface area contributed by atoms with Crippen molar-refractivity contribution in [3.63, 3.8) is 0 Å². The van der Waals surface area contributed by atoms with Crippen molar-refractivity contribution in [3.8, 4) is 0 Å². The predicted octanol–water partition coefficient (Wildman–Crippen LogP) is 3.87. The van der Waals surface area contributed by atoms with Crippen LogP contribution in [0.25, 0.3) is 0 Å². The van der Waals surface area contributed by atoms with Gasteiger partial charge in [0.1, 0.15) is 0 Å². The largest absolute Gasteiger partial charge is 1.00 e. The maximum atomic E-state index is 11.6. The van der Waals surface area contributed by atoms with Crippen molar-refractivity contribution in [2.24, 2.45) is 59.2 Å². The van der Waals surface area contributed by atoms with Crippen LogP contribution in [0.1, 0.15) is 128 Å². The molecular formula is C37H55NaO11. The zero-order chi connectivity index (χ0) is 32.0. The van der Waals surface area contributed by atoms with E-state index in [2.05, 4.69) is 0 Å². The zero-order valence-corrected chi connectivity index (χ0v) is 31.5. The van der Waals surface area contributed by atoms with Gasteiger partial charge in [-0.15, -0.1) is 0 Å². The van der Waals surface area contributed by atoms with E-state index in [1.165, 1.54) is 71.3 Å². The number of carbonyl (C=O) groups excluding carboxylic acids is 1. The molecule has 0 aromatic rings. The molecule has 2 N–H and O–H groups in total. The second-order valence-electron chi connectivity index (χ2n) is 17.7.